The van der Waals surface area contributed by atoms with Crippen LogP contribution in [0.3, 0.4) is 0 Å². The van der Waals surface area contributed by atoms with Crippen LogP contribution in [0.25, 0.3) is 10.2 Å². The van der Waals surface area contributed by atoms with Gasteiger partial charge < -0.3 is 10.4 Å². The molecule has 7 nitrogen and oxygen atoms in total. The average molecular weight is 356 g/mol. The Morgan fingerprint density at radius 2 is 2.08 bits per heavy atom. The second-order valence-electron chi connectivity index (χ2n) is 6.01. The molecule has 0 amide bonds. The van der Waals surface area contributed by atoms with Crippen molar-refractivity contribution >= 4 is 33.1 Å². The summed E-state index contributed by atoms with van der Waals surface area (Å²) in [5.74, 6) is 0.741. The third kappa shape index (κ3) is 2.94. The molecule has 0 radical (unpaired) electrons. The number of rotatable bonds is 5. The summed E-state index contributed by atoms with van der Waals surface area (Å²) in [6, 6.07) is 5.94. The predicted octanol–water partition coefficient (Wildman–Crippen LogP) is 3.23. The van der Waals surface area contributed by atoms with Gasteiger partial charge in [-0.25, -0.2) is 9.97 Å². The summed E-state index contributed by atoms with van der Waals surface area (Å²) in [6.07, 6.45) is 4.06. The van der Waals surface area contributed by atoms with Gasteiger partial charge in [0.2, 0.25) is 0 Å². The first-order valence-corrected chi connectivity index (χ1v) is 8.86. The molecule has 2 N–H and O–H groups in total. The highest BCUT2D eigenvalue weighted by molar-refractivity contribution is 7.19. The first-order valence-electron chi connectivity index (χ1n) is 8.05. The molecule has 1 aromatic carbocycles. The maximum Gasteiger partial charge on any atom is 0.269 e. The van der Waals surface area contributed by atoms with Crippen LogP contribution in [0.4, 0.5) is 11.5 Å². The number of hydrogen-bond acceptors (Lipinski definition) is 7. The number of aromatic nitrogens is 2. The van der Waals surface area contributed by atoms with E-state index in [9.17, 15) is 15.2 Å². The SMILES string of the molecule is O=[N+]([O-])c1ccc([C@H](O)CNc2ncnc3sc4c(c23)CCC4)cc1. The summed E-state index contributed by atoms with van der Waals surface area (Å²) in [7, 11) is 0. The van der Waals surface area contributed by atoms with Crippen molar-refractivity contribution in [2.75, 3.05) is 11.9 Å². The van der Waals surface area contributed by atoms with Gasteiger partial charge in [-0.05, 0) is 42.5 Å². The first kappa shape index (κ1) is 15.9. The van der Waals surface area contributed by atoms with E-state index in [0.717, 1.165) is 35.3 Å². The Balaban J connectivity index is 1.53. The fourth-order valence-electron chi connectivity index (χ4n) is 3.19. The van der Waals surface area contributed by atoms with E-state index in [2.05, 4.69) is 15.3 Å². The Labute approximate surface area is 147 Å². The molecule has 1 aliphatic carbocycles. The van der Waals surface area contributed by atoms with Crippen LogP contribution < -0.4 is 5.32 Å². The van der Waals surface area contributed by atoms with Crippen molar-refractivity contribution in [2.24, 2.45) is 0 Å². The molecule has 2 aromatic heterocycles. The zero-order chi connectivity index (χ0) is 17.4. The van der Waals surface area contributed by atoms with Crippen LogP contribution in [0.15, 0.2) is 30.6 Å². The molecule has 4 rings (SSSR count). The summed E-state index contributed by atoms with van der Waals surface area (Å²) < 4.78 is 0. The van der Waals surface area contributed by atoms with E-state index in [-0.39, 0.29) is 12.2 Å². The fourth-order valence-corrected chi connectivity index (χ4v) is 4.42. The minimum absolute atomic E-state index is 0.00949. The number of anilines is 1. The lowest BCUT2D eigenvalue weighted by molar-refractivity contribution is -0.384. The van der Waals surface area contributed by atoms with Crippen LogP contribution in [-0.4, -0.2) is 26.5 Å². The number of thiophene rings is 1. The molecule has 3 aromatic rings. The maximum atomic E-state index is 10.7. The minimum atomic E-state index is -0.780. The number of benzene rings is 1. The van der Waals surface area contributed by atoms with Gasteiger partial charge in [-0.1, -0.05) is 0 Å². The van der Waals surface area contributed by atoms with Crippen LogP contribution in [0.2, 0.25) is 0 Å². The highest BCUT2D eigenvalue weighted by Crippen LogP contribution is 2.39. The molecule has 0 unspecified atom stereocenters. The summed E-state index contributed by atoms with van der Waals surface area (Å²) in [5, 5.41) is 25.3. The van der Waals surface area contributed by atoms with Crippen LogP contribution >= 0.6 is 11.3 Å². The van der Waals surface area contributed by atoms with E-state index in [1.165, 1.54) is 28.9 Å². The largest absolute Gasteiger partial charge is 0.387 e. The van der Waals surface area contributed by atoms with Crippen molar-refractivity contribution in [3.8, 4) is 0 Å². The van der Waals surface area contributed by atoms with Gasteiger partial charge in [-0.2, -0.15) is 0 Å². The van der Waals surface area contributed by atoms with Gasteiger partial charge in [0.15, 0.2) is 0 Å². The molecule has 1 atom stereocenters. The van der Waals surface area contributed by atoms with Crippen LogP contribution in [-0.2, 0) is 12.8 Å². The smallest absolute Gasteiger partial charge is 0.269 e. The summed E-state index contributed by atoms with van der Waals surface area (Å²) in [5.41, 5.74) is 1.96. The van der Waals surface area contributed by atoms with E-state index < -0.39 is 11.0 Å². The normalized spacial score (nSPS) is 14.4. The molecule has 0 spiro atoms. The van der Waals surface area contributed by atoms with Crippen molar-refractivity contribution < 1.29 is 10.0 Å². The number of nitro benzene ring substituents is 1. The molecule has 0 fully saturated rings. The van der Waals surface area contributed by atoms with E-state index >= 15 is 0 Å². The monoisotopic (exact) mass is 356 g/mol. The van der Waals surface area contributed by atoms with Gasteiger partial charge in [0.05, 0.1) is 16.4 Å². The molecule has 0 aliphatic heterocycles. The van der Waals surface area contributed by atoms with Gasteiger partial charge in [-0.15, -0.1) is 11.3 Å². The van der Waals surface area contributed by atoms with Gasteiger partial charge in [0.1, 0.15) is 17.0 Å². The second-order valence-corrected chi connectivity index (χ2v) is 7.09. The second kappa shape index (κ2) is 6.38. The van der Waals surface area contributed by atoms with Crippen LogP contribution in [0, 0.1) is 10.1 Å². The van der Waals surface area contributed by atoms with Gasteiger partial charge >= 0.3 is 0 Å². The van der Waals surface area contributed by atoms with Crippen LogP contribution in [0.1, 0.15) is 28.5 Å². The van der Waals surface area contributed by atoms with Gasteiger partial charge in [0.25, 0.3) is 5.69 Å². The third-order valence-corrected chi connectivity index (χ3v) is 5.65. The zero-order valence-corrected chi connectivity index (χ0v) is 14.1. The van der Waals surface area contributed by atoms with E-state index in [1.807, 2.05) is 0 Å². The van der Waals surface area contributed by atoms with Crippen LogP contribution in [0.5, 0.6) is 0 Å². The molecular weight excluding hydrogens is 340 g/mol. The van der Waals surface area contributed by atoms with E-state index in [1.54, 1.807) is 23.5 Å². The molecule has 0 saturated carbocycles. The lowest BCUT2D eigenvalue weighted by Gasteiger charge is -2.13. The molecule has 2 heterocycles. The standard InChI is InChI=1S/C17H16N4O3S/c22-13(10-4-6-11(7-5-10)21(23)24)8-18-16-15-12-2-1-3-14(12)25-17(15)20-9-19-16/h4-7,9,13,22H,1-3,8H2,(H,18,19,20)/t13-/m1/s1. The summed E-state index contributed by atoms with van der Waals surface area (Å²) in [4.78, 5) is 21.3. The number of hydrogen-bond donors (Lipinski definition) is 2. The van der Waals surface area contributed by atoms with Crippen molar-refractivity contribution in [3.05, 3.63) is 56.7 Å². The highest BCUT2D eigenvalue weighted by atomic mass is 32.1. The van der Waals surface area contributed by atoms with Crippen molar-refractivity contribution in [1.82, 2.24) is 9.97 Å². The number of nitrogens with zero attached hydrogens (tertiary/aromatic N) is 3. The molecule has 25 heavy (non-hydrogen) atoms. The van der Waals surface area contributed by atoms with Gasteiger partial charge in [0, 0.05) is 23.6 Å². The predicted molar refractivity (Wildman–Crippen MR) is 96.0 cm³/mol. The number of aliphatic hydroxyl groups excluding tert-OH is 1. The number of aryl methyl sites for hydroxylation is 2. The highest BCUT2D eigenvalue weighted by Gasteiger charge is 2.21. The minimum Gasteiger partial charge on any atom is -0.387 e. The zero-order valence-electron chi connectivity index (χ0n) is 13.3. The number of non-ortho nitro benzene ring substituents is 1. The molecular formula is C17H16N4O3S. The first-order chi connectivity index (χ1) is 12.1. The van der Waals surface area contributed by atoms with Crippen molar-refractivity contribution in [3.63, 3.8) is 0 Å². The Kier molecular flexibility index (Phi) is 4.06. The molecule has 128 valence electrons. The topological polar surface area (TPSA) is 101 Å². The average Bonchev–Trinajstić information content (AvgIpc) is 3.20. The van der Waals surface area contributed by atoms with Crippen molar-refractivity contribution in [1.29, 1.82) is 0 Å². The fraction of sp³-hybridized carbons (Fsp3) is 0.294. The maximum absolute atomic E-state index is 10.7. The number of fused-ring (bicyclic) bond motifs is 3. The molecule has 0 bridgehead atoms. The Morgan fingerprint density at radius 1 is 1.28 bits per heavy atom. The number of nitro groups is 1. The van der Waals surface area contributed by atoms with E-state index in [4.69, 9.17) is 0 Å². The quantitative estimate of drug-likeness (QED) is 0.538. The van der Waals surface area contributed by atoms with Crippen molar-refractivity contribution in [2.45, 2.75) is 25.4 Å². The molecule has 8 heteroatoms. The number of aliphatic hydroxyl groups is 1. The third-order valence-electron chi connectivity index (χ3n) is 4.45. The lowest BCUT2D eigenvalue weighted by atomic mass is 10.1. The lowest BCUT2D eigenvalue weighted by Crippen LogP contribution is -2.13. The van der Waals surface area contributed by atoms with E-state index in [0.29, 0.717) is 5.56 Å². The molecule has 1 aliphatic rings. The Bertz CT molecular complexity index is 939. The summed E-state index contributed by atoms with van der Waals surface area (Å²) in [6.45, 7) is 0.272. The summed E-state index contributed by atoms with van der Waals surface area (Å²) >= 11 is 1.72. The Hall–Kier alpha value is -2.58. The molecule has 0 saturated heterocycles. The number of nitrogens with one attached hydrogen (secondary N) is 1. The van der Waals surface area contributed by atoms with Gasteiger partial charge in [-0.3, -0.25) is 10.1 Å². The Morgan fingerprint density at radius 3 is 2.84 bits per heavy atom.